The van der Waals surface area contributed by atoms with E-state index >= 15 is 0 Å². The van der Waals surface area contributed by atoms with E-state index in [2.05, 4.69) is 4.98 Å². The van der Waals surface area contributed by atoms with E-state index in [1.54, 1.807) is 17.7 Å². The van der Waals surface area contributed by atoms with Crippen LogP contribution in [0.2, 0.25) is 0 Å². The minimum Gasteiger partial charge on any atom is -0.288 e. The zero-order valence-corrected chi connectivity index (χ0v) is 10.4. The van der Waals surface area contributed by atoms with Crippen LogP contribution in [-0.4, -0.2) is 16.1 Å². The second-order valence-electron chi connectivity index (χ2n) is 3.59. The summed E-state index contributed by atoms with van der Waals surface area (Å²) in [5, 5.41) is 8.66. The summed E-state index contributed by atoms with van der Waals surface area (Å²) in [4.78, 5) is 16.1. The molecule has 0 spiro atoms. The highest BCUT2D eigenvalue weighted by Crippen LogP contribution is 2.25. The van der Waals surface area contributed by atoms with Crippen LogP contribution in [0.1, 0.15) is 15.9 Å². The number of aromatic nitrogens is 1. The van der Waals surface area contributed by atoms with Crippen LogP contribution in [0.5, 0.6) is 0 Å². The molecule has 0 aliphatic heterocycles. The maximum absolute atomic E-state index is 11.4. The Labute approximate surface area is 109 Å². The first-order chi connectivity index (χ1) is 8.81. The molecule has 0 atom stereocenters. The van der Waals surface area contributed by atoms with E-state index in [0.717, 1.165) is 10.6 Å². The Morgan fingerprint density at radius 1 is 1.28 bits per heavy atom. The van der Waals surface area contributed by atoms with Crippen LogP contribution in [0.25, 0.3) is 0 Å². The van der Waals surface area contributed by atoms with Gasteiger partial charge in [-0.3, -0.25) is 15.0 Å². The van der Waals surface area contributed by atoms with E-state index in [1.165, 1.54) is 23.5 Å². The zero-order valence-electron chi connectivity index (χ0n) is 9.54. The summed E-state index contributed by atoms with van der Waals surface area (Å²) in [5.74, 6) is 0.218. The normalized spacial score (nSPS) is 10.1. The lowest BCUT2D eigenvalue weighted by Gasteiger charge is -2.06. The van der Waals surface area contributed by atoms with Crippen molar-refractivity contribution in [2.75, 3.05) is 0 Å². The fourth-order valence-electron chi connectivity index (χ4n) is 1.47. The number of hydroxylamine groups is 1. The summed E-state index contributed by atoms with van der Waals surface area (Å²) in [6.45, 7) is 0. The van der Waals surface area contributed by atoms with Crippen LogP contribution in [0.3, 0.4) is 0 Å². The van der Waals surface area contributed by atoms with Gasteiger partial charge in [-0.25, -0.2) is 5.48 Å². The van der Waals surface area contributed by atoms with Crippen LogP contribution in [-0.2, 0) is 5.75 Å². The summed E-state index contributed by atoms with van der Waals surface area (Å²) < 4.78 is 0. The van der Waals surface area contributed by atoms with Gasteiger partial charge in [-0.1, -0.05) is 30.3 Å². The van der Waals surface area contributed by atoms with Gasteiger partial charge < -0.3 is 0 Å². The maximum Gasteiger partial charge on any atom is 0.277 e. The third-order valence-corrected chi connectivity index (χ3v) is 3.51. The summed E-state index contributed by atoms with van der Waals surface area (Å²) in [6, 6.07) is 11.7. The van der Waals surface area contributed by atoms with Crippen LogP contribution in [0.4, 0.5) is 0 Å². The monoisotopic (exact) mass is 260 g/mol. The average molecular weight is 260 g/mol. The minimum absolute atomic E-state index is 0.376. The number of pyridine rings is 1. The number of benzene rings is 1. The second kappa shape index (κ2) is 6.18. The number of nitrogens with zero attached hydrogens (tertiary/aromatic N) is 1. The number of carbonyl (C=O) groups is 1. The van der Waals surface area contributed by atoms with E-state index in [-0.39, 0.29) is 0 Å². The fraction of sp³-hybridized carbons (Fsp3) is 0.0769. The predicted molar refractivity (Wildman–Crippen MR) is 69.5 cm³/mol. The molecular weight excluding hydrogens is 248 g/mol. The van der Waals surface area contributed by atoms with Gasteiger partial charge in [-0.05, 0) is 11.6 Å². The van der Waals surface area contributed by atoms with Crippen LogP contribution in [0, 0.1) is 0 Å². The highest BCUT2D eigenvalue weighted by Gasteiger charge is 2.10. The molecule has 0 saturated carbocycles. The predicted octanol–water partition coefficient (Wildman–Crippen LogP) is 2.49. The Hall–Kier alpha value is -1.85. The molecule has 0 saturated heterocycles. The number of thioether (sulfide) groups is 1. The lowest BCUT2D eigenvalue weighted by Crippen LogP contribution is -2.19. The minimum atomic E-state index is -0.543. The van der Waals surface area contributed by atoms with E-state index in [1.807, 2.05) is 30.3 Å². The number of nitrogens with one attached hydrogen (secondary N) is 1. The number of rotatable bonds is 4. The molecule has 0 aliphatic carbocycles. The third-order valence-electron chi connectivity index (χ3n) is 2.36. The molecule has 1 aromatic carbocycles. The highest BCUT2D eigenvalue weighted by atomic mass is 32.2. The molecule has 0 fully saturated rings. The van der Waals surface area contributed by atoms with Gasteiger partial charge in [0.25, 0.3) is 5.91 Å². The fourth-order valence-corrected chi connectivity index (χ4v) is 2.45. The molecule has 92 valence electrons. The molecule has 0 unspecified atom stereocenters. The van der Waals surface area contributed by atoms with E-state index < -0.39 is 5.91 Å². The number of carbonyl (C=O) groups excluding carboxylic acids is 1. The molecule has 5 heteroatoms. The molecule has 2 N–H and O–H groups in total. The quantitative estimate of drug-likeness (QED) is 0.503. The van der Waals surface area contributed by atoms with Crippen molar-refractivity contribution in [3.63, 3.8) is 0 Å². The molecule has 18 heavy (non-hydrogen) atoms. The zero-order chi connectivity index (χ0) is 12.8. The SMILES string of the molecule is O=C(NO)c1cnccc1SCc1ccccc1. The first-order valence-electron chi connectivity index (χ1n) is 5.36. The Morgan fingerprint density at radius 3 is 2.78 bits per heavy atom. The lowest BCUT2D eigenvalue weighted by atomic mass is 10.2. The second-order valence-corrected chi connectivity index (χ2v) is 4.60. The number of hydrogen-bond donors (Lipinski definition) is 2. The van der Waals surface area contributed by atoms with Gasteiger partial charge in [0.15, 0.2) is 0 Å². The van der Waals surface area contributed by atoms with Gasteiger partial charge in [0.1, 0.15) is 0 Å². The van der Waals surface area contributed by atoms with Crippen LogP contribution < -0.4 is 5.48 Å². The van der Waals surface area contributed by atoms with Gasteiger partial charge in [0, 0.05) is 23.0 Å². The average Bonchev–Trinajstić information content (AvgIpc) is 2.45. The van der Waals surface area contributed by atoms with Crippen LogP contribution >= 0.6 is 11.8 Å². The summed E-state index contributed by atoms with van der Waals surface area (Å²) in [6.07, 6.45) is 3.07. The molecular formula is C13H12N2O2S. The van der Waals surface area contributed by atoms with E-state index in [4.69, 9.17) is 5.21 Å². The molecule has 0 radical (unpaired) electrons. The van der Waals surface area contributed by atoms with Crippen molar-refractivity contribution < 1.29 is 10.0 Å². The number of hydrogen-bond acceptors (Lipinski definition) is 4. The smallest absolute Gasteiger partial charge is 0.277 e. The van der Waals surface area contributed by atoms with Crippen molar-refractivity contribution in [2.24, 2.45) is 0 Å². The number of amides is 1. The van der Waals surface area contributed by atoms with Crippen molar-refractivity contribution in [1.82, 2.24) is 10.5 Å². The molecule has 1 amide bonds. The van der Waals surface area contributed by atoms with Gasteiger partial charge in [-0.2, -0.15) is 0 Å². The van der Waals surface area contributed by atoms with Crippen molar-refractivity contribution >= 4 is 17.7 Å². The first kappa shape index (κ1) is 12.6. The lowest BCUT2D eigenvalue weighted by molar-refractivity contribution is 0.0702. The molecule has 0 aliphatic rings. The Morgan fingerprint density at radius 2 is 2.06 bits per heavy atom. The van der Waals surface area contributed by atoms with E-state index in [0.29, 0.717) is 5.56 Å². The van der Waals surface area contributed by atoms with Crippen molar-refractivity contribution in [3.8, 4) is 0 Å². The maximum atomic E-state index is 11.4. The summed E-state index contributed by atoms with van der Waals surface area (Å²) >= 11 is 1.53. The Kier molecular flexibility index (Phi) is 4.33. The Balaban J connectivity index is 2.12. The van der Waals surface area contributed by atoms with Crippen molar-refractivity contribution in [2.45, 2.75) is 10.6 Å². The molecule has 4 nitrogen and oxygen atoms in total. The van der Waals surface area contributed by atoms with Gasteiger partial charge in [-0.15, -0.1) is 11.8 Å². The third kappa shape index (κ3) is 3.09. The van der Waals surface area contributed by atoms with Crippen molar-refractivity contribution in [1.29, 1.82) is 0 Å². The molecule has 0 bridgehead atoms. The summed E-state index contributed by atoms with van der Waals surface area (Å²) in [7, 11) is 0. The molecule has 1 aromatic heterocycles. The Bertz CT molecular complexity index is 532. The molecule has 1 heterocycles. The van der Waals surface area contributed by atoms with Gasteiger partial charge >= 0.3 is 0 Å². The highest BCUT2D eigenvalue weighted by molar-refractivity contribution is 7.98. The van der Waals surface area contributed by atoms with Gasteiger partial charge in [0.2, 0.25) is 0 Å². The van der Waals surface area contributed by atoms with Crippen LogP contribution in [0.15, 0.2) is 53.7 Å². The molecule has 2 aromatic rings. The summed E-state index contributed by atoms with van der Waals surface area (Å²) in [5.41, 5.74) is 3.18. The van der Waals surface area contributed by atoms with Gasteiger partial charge in [0.05, 0.1) is 5.56 Å². The largest absolute Gasteiger partial charge is 0.288 e. The van der Waals surface area contributed by atoms with E-state index in [9.17, 15) is 4.79 Å². The molecule has 2 rings (SSSR count). The topological polar surface area (TPSA) is 62.2 Å². The van der Waals surface area contributed by atoms with Crippen molar-refractivity contribution in [3.05, 3.63) is 59.9 Å². The first-order valence-corrected chi connectivity index (χ1v) is 6.35. The standard InChI is InChI=1S/C13H12N2O2S/c16-13(15-17)11-8-14-7-6-12(11)18-9-10-4-2-1-3-5-10/h1-8,17H,9H2,(H,15,16).